The van der Waals surface area contributed by atoms with Crippen LogP contribution in [0.15, 0.2) is 18.2 Å². The zero-order valence-electron chi connectivity index (χ0n) is 12.8. The minimum absolute atomic E-state index is 0. The van der Waals surface area contributed by atoms with Crippen LogP contribution in [0.1, 0.15) is 24.8 Å². The molecule has 0 spiro atoms. The van der Waals surface area contributed by atoms with Gasteiger partial charge in [-0.2, -0.15) is 0 Å². The Morgan fingerprint density at radius 1 is 1.36 bits per heavy atom. The smallest absolute Gasteiger partial charge is 0.238 e. The third kappa shape index (κ3) is 4.35. The summed E-state index contributed by atoms with van der Waals surface area (Å²) in [6.45, 7) is 4.40. The Labute approximate surface area is 143 Å². The molecule has 6 heteroatoms. The Bertz CT molecular complexity index is 538. The predicted octanol–water partition coefficient (Wildman–Crippen LogP) is 2.84. The van der Waals surface area contributed by atoms with Gasteiger partial charge in [-0.3, -0.25) is 9.69 Å². The van der Waals surface area contributed by atoms with Gasteiger partial charge in [0.2, 0.25) is 5.91 Å². The first-order chi connectivity index (χ1) is 10.1. The molecule has 2 fully saturated rings. The largest absolute Gasteiger partial charge is 0.325 e. The highest BCUT2D eigenvalue weighted by Gasteiger charge is 2.29. The minimum Gasteiger partial charge on any atom is -0.325 e. The molecule has 22 heavy (non-hydrogen) atoms. The van der Waals surface area contributed by atoms with E-state index in [0.29, 0.717) is 23.7 Å². The number of carbonyl (C=O) groups excluding carboxylic acids is 1. The highest BCUT2D eigenvalue weighted by molar-refractivity contribution is 6.31. The molecule has 2 saturated heterocycles. The number of likely N-dealkylation sites (tertiary alicyclic amines) is 1. The van der Waals surface area contributed by atoms with Gasteiger partial charge in [-0.05, 0) is 43.9 Å². The van der Waals surface area contributed by atoms with Gasteiger partial charge in [-0.15, -0.1) is 12.4 Å². The molecule has 0 saturated carbocycles. The van der Waals surface area contributed by atoms with E-state index in [1.54, 1.807) is 6.07 Å². The van der Waals surface area contributed by atoms with Crippen LogP contribution < -0.4 is 10.6 Å². The molecule has 4 nitrogen and oxygen atoms in total. The molecule has 2 bridgehead atoms. The Morgan fingerprint density at radius 2 is 2.14 bits per heavy atom. The highest BCUT2D eigenvalue weighted by atomic mass is 35.5. The van der Waals surface area contributed by atoms with E-state index in [-0.39, 0.29) is 18.3 Å². The number of aryl methyl sites for hydroxylation is 1. The summed E-state index contributed by atoms with van der Waals surface area (Å²) < 4.78 is 0. The van der Waals surface area contributed by atoms with Crippen molar-refractivity contribution in [3.8, 4) is 0 Å². The van der Waals surface area contributed by atoms with Crippen molar-refractivity contribution < 1.29 is 4.79 Å². The van der Waals surface area contributed by atoms with E-state index in [9.17, 15) is 4.79 Å². The summed E-state index contributed by atoms with van der Waals surface area (Å²) in [6.07, 6.45) is 3.66. The van der Waals surface area contributed by atoms with Crippen LogP contribution in [0.4, 0.5) is 5.69 Å². The van der Waals surface area contributed by atoms with Crippen LogP contribution in [-0.2, 0) is 4.79 Å². The number of hydrogen-bond donors (Lipinski definition) is 2. The number of amides is 1. The van der Waals surface area contributed by atoms with Crippen molar-refractivity contribution in [1.29, 1.82) is 0 Å². The normalized spacial score (nSPS) is 24.5. The van der Waals surface area contributed by atoms with Crippen LogP contribution in [0.25, 0.3) is 0 Å². The second-order valence-corrected chi connectivity index (χ2v) is 6.61. The standard InChI is InChI=1S/C16H22ClN3O.ClH/c1-11-2-3-12(17)8-15(11)19-16(21)10-20-7-6-13-4-5-14(9-20)18-13;/h2-3,8,13-14,18H,4-7,9-10H2,1H3,(H,19,21);1H. The molecule has 2 aliphatic heterocycles. The topological polar surface area (TPSA) is 44.4 Å². The zero-order valence-corrected chi connectivity index (χ0v) is 14.3. The maximum Gasteiger partial charge on any atom is 0.238 e. The average molecular weight is 344 g/mol. The summed E-state index contributed by atoms with van der Waals surface area (Å²) in [5.74, 6) is 0.0399. The fraction of sp³-hybridized carbons (Fsp3) is 0.562. The van der Waals surface area contributed by atoms with Gasteiger partial charge in [-0.25, -0.2) is 0 Å². The van der Waals surface area contributed by atoms with E-state index in [1.165, 1.54) is 12.8 Å². The van der Waals surface area contributed by atoms with Gasteiger partial charge in [0.05, 0.1) is 6.54 Å². The molecule has 2 N–H and O–H groups in total. The summed E-state index contributed by atoms with van der Waals surface area (Å²) in [6, 6.07) is 6.77. The van der Waals surface area contributed by atoms with Crippen molar-refractivity contribution in [2.24, 2.45) is 0 Å². The first-order valence-electron chi connectivity index (χ1n) is 7.64. The van der Waals surface area contributed by atoms with Crippen molar-refractivity contribution in [3.05, 3.63) is 28.8 Å². The van der Waals surface area contributed by atoms with E-state index in [0.717, 1.165) is 30.8 Å². The quantitative estimate of drug-likeness (QED) is 0.886. The first kappa shape index (κ1) is 17.5. The molecule has 1 amide bonds. The SMILES string of the molecule is Cc1ccc(Cl)cc1NC(=O)CN1CCC2CCC(C1)N2.Cl. The molecule has 122 valence electrons. The Morgan fingerprint density at radius 3 is 2.95 bits per heavy atom. The Balaban J connectivity index is 0.00000176. The molecule has 0 aliphatic carbocycles. The third-order valence-corrected chi connectivity index (χ3v) is 4.68. The number of anilines is 1. The number of fused-ring (bicyclic) bond motifs is 2. The lowest BCUT2D eigenvalue weighted by molar-refractivity contribution is -0.117. The number of hydrogen-bond acceptors (Lipinski definition) is 3. The third-order valence-electron chi connectivity index (χ3n) is 4.45. The van der Waals surface area contributed by atoms with Gasteiger partial charge in [0.1, 0.15) is 0 Å². The van der Waals surface area contributed by atoms with Gasteiger partial charge in [0, 0.05) is 35.9 Å². The Kier molecular flexibility index (Phi) is 6.09. The van der Waals surface area contributed by atoms with Gasteiger partial charge < -0.3 is 10.6 Å². The number of halogens is 2. The highest BCUT2D eigenvalue weighted by Crippen LogP contribution is 2.22. The number of benzene rings is 1. The average Bonchev–Trinajstić information content (AvgIpc) is 2.77. The molecule has 1 aromatic carbocycles. The number of nitrogens with zero attached hydrogens (tertiary/aromatic N) is 1. The molecule has 1 aromatic rings. The zero-order chi connectivity index (χ0) is 14.8. The maximum atomic E-state index is 12.2. The van der Waals surface area contributed by atoms with E-state index in [4.69, 9.17) is 11.6 Å². The summed E-state index contributed by atoms with van der Waals surface area (Å²) in [4.78, 5) is 14.5. The summed E-state index contributed by atoms with van der Waals surface area (Å²) >= 11 is 5.99. The fourth-order valence-corrected chi connectivity index (χ4v) is 3.45. The van der Waals surface area contributed by atoms with E-state index in [2.05, 4.69) is 15.5 Å². The molecule has 0 aromatic heterocycles. The van der Waals surface area contributed by atoms with Gasteiger partial charge in [0.15, 0.2) is 0 Å². The van der Waals surface area contributed by atoms with E-state index < -0.39 is 0 Å². The van der Waals surface area contributed by atoms with Crippen molar-refractivity contribution in [1.82, 2.24) is 10.2 Å². The summed E-state index contributed by atoms with van der Waals surface area (Å²) in [5, 5.41) is 7.25. The lowest BCUT2D eigenvalue weighted by Crippen LogP contribution is -2.39. The fourth-order valence-electron chi connectivity index (χ4n) is 3.28. The summed E-state index contributed by atoms with van der Waals surface area (Å²) in [5.41, 5.74) is 1.84. The van der Waals surface area contributed by atoms with E-state index >= 15 is 0 Å². The van der Waals surface area contributed by atoms with Crippen molar-refractivity contribution in [2.75, 3.05) is 25.0 Å². The van der Waals surface area contributed by atoms with Crippen molar-refractivity contribution in [3.63, 3.8) is 0 Å². The van der Waals surface area contributed by atoms with Gasteiger partial charge in [0.25, 0.3) is 0 Å². The molecule has 2 heterocycles. The first-order valence-corrected chi connectivity index (χ1v) is 8.02. The van der Waals surface area contributed by atoms with Crippen LogP contribution in [0.2, 0.25) is 5.02 Å². The lowest BCUT2D eigenvalue weighted by Gasteiger charge is -2.23. The number of nitrogens with one attached hydrogen (secondary N) is 2. The lowest BCUT2D eigenvalue weighted by atomic mass is 10.1. The van der Waals surface area contributed by atoms with E-state index in [1.807, 2.05) is 19.1 Å². The molecule has 2 aliphatic rings. The second kappa shape index (κ2) is 7.64. The van der Waals surface area contributed by atoms with Crippen LogP contribution in [0.5, 0.6) is 0 Å². The Hall–Kier alpha value is -0.810. The summed E-state index contributed by atoms with van der Waals surface area (Å²) in [7, 11) is 0. The minimum atomic E-state index is 0. The van der Waals surface area contributed by atoms with Crippen molar-refractivity contribution in [2.45, 2.75) is 38.3 Å². The van der Waals surface area contributed by atoms with Crippen molar-refractivity contribution >= 4 is 35.6 Å². The predicted molar refractivity (Wildman–Crippen MR) is 93.1 cm³/mol. The monoisotopic (exact) mass is 343 g/mol. The molecular formula is C16H23Cl2N3O. The molecule has 3 rings (SSSR count). The van der Waals surface area contributed by atoms with Crippen LogP contribution >= 0.6 is 24.0 Å². The number of rotatable bonds is 3. The molecule has 2 atom stereocenters. The number of carbonyl (C=O) groups is 1. The van der Waals surface area contributed by atoms with Crippen LogP contribution in [0, 0.1) is 6.92 Å². The maximum absolute atomic E-state index is 12.2. The van der Waals surface area contributed by atoms with Crippen LogP contribution in [0.3, 0.4) is 0 Å². The van der Waals surface area contributed by atoms with Gasteiger partial charge >= 0.3 is 0 Å². The van der Waals surface area contributed by atoms with Crippen LogP contribution in [-0.4, -0.2) is 42.5 Å². The molecule has 2 unspecified atom stereocenters. The molecule has 0 radical (unpaired) electrons. The molecular weight excluding hydrogens is 321 g/mol. The van der Waals surface area contributed by atoms with Gasteiger partial charge in [-0.1, -0.05) is 17.7 Å². The second-order valence-electron chi connectivity index (χ2n) is 6.17.